The highest BCUT2D eigenvalue weighted by atomic mass is 19.4. The molecular formula is C30H42F3N3O2. The molecular weight excluding hydrogens is 491 g/mol. The van der Waals surface area contributed by atoms with Crippen LogP contribution in [0.3, 0.4) is 0 Å². The number of hydrogen-bond donors (Lipinski definition) is 0. The molecule has 0 aliphatic heterocycles. The maximum Gasteiger partial charge on any atom is 0.573 e. The van der Waals surface area contributed by atoms with Gasteiger partial charge in [-0.25, -0.2) is 9.97 Å². The van der Waals surface area contributed by atoms with Crippen LogP contribution in [0.25, 0.3) is 11.3 Å². The van der Waals surface area contributed by atoms with Crippen LogP contribution in [0.5, 0.6) is 5.75 Å². The lowest BCUT2D eigenvalue weighted by molar-refractivity contribution is -0.274. The van der Waals surface area contributed by atoms with Crippen LogP contribution < -0.4 is 9.64 Å². The van der Waals surface area contributed by atoms with Gasteiger partial charge in [0.25, 0.3) is 0 Å². The third kappa shape index (κ3) is 12.3. The Kier molecular flexibility index (Phi) is 16.4. The third-order valence-electron chi connectivity index (χ3n) is 5.26. The monoisotopic (exact) mass is 533 g/mol. The van der Waals surface area contributed by atoms with Gasteiger partial charge in [0, 0.05) is 30.1 Å². The van der Waals surface area contributed by atoms with Crippen molar-refractivity contribution in [1.82, 2.24) is 9.97 Å². The number of carbonyl (C=O) groups is 1. The average Bonchev–Trinajstić information content (AvgIpc) is 2.86. The minimum absolute atomic E-state index is 0.109. The fraction of sp³-hybridized carbons (Fsp3) is 0.500. The minimum atomic E-state index is -4.72. The normalized spacial score (nSPS) is 11.3. The van der Waals surface area contributed by atoms with Crippen LogP contribution in [0.2, 0.25) is 0 Å². The molecule has 1 aromatic heterocycles. The lowest BCUT2D eigenvalue weighted by Crippen LogP contribution is -2.17. The number of carbonyl (C=O) groups excluding carboxylic acids is 1. The van der Waals surface area contributed by atoms with Gasteiger partial charge in [0.1, 0.15) is 17.4 Å². The van der Waals surface area contributed by atoms with Gasteiger partial charge in [-0.05, 0) is 70.9 Å². The number of ketones is 1. The maximum atomic E-state index is 12.5. The summed E-state index contributed by atoms with van der Waals surface area (Å²) in [5.74, 6) is 4.37. The number of unbranched alkanes of at least 4 members (excludes halogenated alkanes) is 1. The molecule has 1 heterocycles. The van der Waals surface area contributed by atoms with Crippen molar-refractivity contribution < 1.29 is 22.7 Å². The molecule has 0 fully saturated rings. The Balaban J connectivity index is 0.00000150. The molecule has 8 heteroatoms. The number of benzene rings is 1. The predicted octanol–water partition coefficient (Wildman–Crippen LogP) is 8.63. The lowest BCUT2D eigenvalue weighted by Gasteiger charge is -2.21. The van der Waals surface area contributed by atoms with Crippen LogP contribution in [0.15, 0.2) is 36.4 Å². The molecule has 1 aromatic carbocycles. The lowest BCUT2D eigenvalue weighted by atomic mass is 9.97. The van der Waals surface area contributed by atoms with Crippen molar-refractivity contribution in [1.29, 1.82) is 0 Å². The summed E-state index contributed by atoms with van der Waals surface area (Å²) < 4.78 is 41.4. The Morgan fingerprint density at radius 2 is 1.76 bits per heavy atom. The van der Waals surface area contributed by atoms with Crippen molar-refractivity contribution in [3.8, 4) is 29.0 Å². The van der Waals surface area contributed by atoms with Gasteiger partial charge in [0.15, 0.2) is 5.78 Å². The molecule has 1 atom stereocenters. The molecule has 0 aliphatic rings. The Hall–Kier alpha value is -3.34. The quantitative estimate of drug-likeness (QED) is 0.183. The van der Waals surface area contributed by atoms with E-state index in [2.05, 4.69) is 30.5 Å². The predicted molar refractivity (Wildman–Crippen MR) is 150 cm³/mol. The van der Waals surface area contributed by atoms with E-state index in [1.54, 1.807) is 30.0 Å². The smallest absolute Gasteiger partial charge is 0.406 e. The summed E-state index contributed by atoms with van der Waals surface area (Å²) in [6, 6.07) is 8.76. The number of hydrogen-bond acceptors (Lipinski definition) is 5. The van der Waals surface area contributed by atoms with Crippen LogP contribution in [-0.4, -0.2) is 29.2 Å². The number of anilines is 1. The molecule has 0 amide bonds. The molecule has 2 aromatic rings. The number of alkyl halides is 3. The summed E-state index contributed by atoms with van der Waals surface area (Å²) in [6.07, 6.45) is 2.59. The molecule has 0 aliphatic carbocycles. The van der Waals surface area contributed by atoms with Crippen molar-refractivity contribution >= 4 is 11.6 Å². The van der Waals surface area contributed by atoms with Crippen molar-refractivity contribution in [2.75, 3.05) is 11.9 Å². The molecule has 0 saturated heterocycles. The molecule has 0 spiro atoms. The van der Waals surface area contributed by atoms with Gasteiger partial charge in [-0.3, -0.25) is 9.69 Å². The van der Waals surface area contributed by atoms with Crippen molar-refractivity contribution in [2.45, 2.75) is 93.4 Å². The molecule has 210 valence electrons. The molecule has 0 bridgehead atoms. The van der Waals surface area contributed by atoms with Gasteiger partial charge < -0.3 is 4.74 Å². The van der Waals surface area contributed by atoms with E-state index in [1.165, 1.54) is 25.1 Å². The van der Waals surface area contributed by atoms with E-state index in [9.17, 15) is 18.0 Å². The number of aromatic nitrogens is 2. The zero-order chi connectivity index (χ0) is 29.3. The van der Waals surface area contributed by atoms with E-state index >= 15 is 0 Å². The molecule has 1 unspecified atom stereocenters. The van der Waals surface area contributed by atoms with Crippen molar-refractivity contribution in [2.24, 2.45) is 0 Å². The minimum Gasteiger partial charge on any atom is -0.406 e. The summed E-state index contributed by atoms with van der Waals surface area (Å²) in [7, 11) is 1.84. The highest BCUT2D eigenvalue weighted by Gasteiger charge is 2.31. The largest absolute Gasteiger partial charge is 0.573 e. The highest BCUT2D eigenvalue weighted by Crippen LogP contribution is 2.33. The van der Waals surface area contributed by atoms with E-state index in [0.717, 1.165) is 37.1 Å². The third-order valence-corrected chi connectivity index (χ3v) is 5.26. The Bertz CT molecular complexity index is 1070. The van der Waals surface area contributed by atoms with Crippen LogP contribution in [0.1, 0.15) is 91.5 Å². The standard InChI is InChI=1S/C23H28F3N3O.C5H8O.C2H6/c1-6-9-10-17(8-3)21-27-20(16(4)22(28-21)29(5)15-7-2)18-11-13-19(14-12-18)30-23(24,25)26;1-3-4-5(2)6;1-2/h11-14,17H,6,8-10H2,1-5H3;3-4H,1-2H3;1-2H3/b;4-3+;. The summed E-state index contributed by atoms with van der Waals surface area (Å²) in [5.41, 5.74) is 2.21. The average molecular weight is 534 g/mol. The zero-order valence-corrected chi connectivity index (χ0v) is 24.2. The molecule has 2 rings (SSSR count). The van der Waals surface area contributed by atoms with Gasteiger partial charge in [-0.2, -0.15) is 0 Å². The van der Waals surface area contributed by atoms with Crippen LogP contribution in [0, 0.1) is 18.9 Å². The summed E-state index contributed by atoms with van der Waals surface area (Å²) in [4.78, 5) is 21.3. The van der Waals surface area contributed by atoms with E-state index in [1.807, 2.05) is 34.7 Å². The first-order valence-electron chi connectivity index (χ1n) is 13.0. The number of allylic oxidation sites excluding steroid dienone is 2. The van der Waals surface area contributed by atoms with Gasteiger partial charge in [-0.15, -0.1) is 13.2 Å². The molecule has 0 saturated carbocycles. The second kappa shape index (κ2) is 18.0. The maximum absolute atomic E-state index is 12.5. The Morgan fingerprint density at radius 3 is 2.18 bits per heavy atom. The summed E-state index contributed by atoms with van der Waals surface area (Å²) >= 11 is 0. The van der Waals surface area contributed by atoms with Crippen LogP contribution in [0.4, 0.5) is 19.0 Å². The topological polar surface area (TPSA) is 55.3 Å². The van der Waals surface area contributed by atoms with Gasteiger partial charge in [0.2, 0.25) is 0 Å². The number of rotatable bonds is 9. The first-order valence-corrected chi connectivity index (χ1v) is 13.0. The first kappa shape index (κ1) is 34.7. The molecule has 0 N–H and O–H groups in total. The van der Waals surface area contributed by atoms with Crippen LogP contribution in [-0.2, 0) is 4.79 Å². The SMILES string of the molecule is C/C=C/C(C)=O.CC.CC#CN(C)c1nc(C(CC)CCCC)nc(-c2ccc(OC(F)(F)F)cc2)c1C. The van der Waals surface area contributed by atoms with Crippen LogP contribution >= 0.6 is 0 Å². The fourth-order valence-electron chi connectivity index (χ4n) is 3.55. The van der Waals surface area contributed by atoms with Gasteiger partial charge in [0.05, 0.1) is 5.69 Å². The summed E-state index contributed by atoms with van der Waals surface area (Å²) in [5, 5.41) is 0. The zero-order valence-electron chi connectivity index (χ0n) is 24.2. The van der Waals surface area contributed by atoms with Gasteiger partial charge >= 0.3 is 6.36 Å². The number of nitrogens with zero attached hydrogens (tertiary/aromatic N) is 3. The van der Waals surface area contributed by atoms with E-state index in [0.29, 0.717) is 17.1 Å². The van der Waals surface area contributed by atoms with Gasteiger partial charge in [-0.1, -0.05) is 52.5 Å². The molecule has 5 nitrogen and oxygen atoms in total. The first-order chi connectivity index (χ1) is 18.0. The Morgan fingerprint density at radius 1 is 1.16 bits per heavy atom. The van der Waals surface area contributed by atoms with E-state index < -0.39 is 6.36 Å². The summed E-state index contributed by atoms with van der Waals surface area (Å²) in [6.45, 7) is 15.3. The molecule has 0 radical (unpaired) electrons. The fourth-order valence-corrected chi connectivity index (χ4v) is 3.55. The molecule has 38 heavy (non-hydrogen) atoms. The van der Waals surface area contributed by atoms with Crippen molar-refractivity contribution in [3.05, 3.63) is 47.8 Å². The Labute approximate surface area is 226 Å². The highest BCUT2D eigenvalue weighted by molar-refractivity contribution is 5.87. The number of halogens is 3. The number of ether oxygens (including phenoxy) is 1. The van der Waals surface area contributed by atoms with E-state index in [4.69, 9.17) is 9.97 Å². The van der Waals surface area contributed by atoms with E-state index in [-0.39, 0.29) is 17.5 Å². The van der Waals surface area contributed by atoms with Crippen molar-refractivity contribution in [3.63, 3.8) is 0 Å². The second-order valence-electron chi connectivity index (χ2n) is 8.23. The second-order valence-corrected chi connectivity index (χ2v) is 8.23.